The van der Waals surface area contributed by atoms with E-state index in [0.29, 0.717) is 0 Å². The first kappa shape index (κ1) is 22.1. The van der Waals surface area contributed by atoms with Gasteiger partial charge in [-0.15, -0.1) is 0 Å². The highest BCUT2D eigenvalue weighted by molar-refractivity contribution is 5.88. The lowest BCUT2D eigenvalue weighted by atomic mass is 9.76. The van der Waals surface area contributed by atoms with E-state index >= 15 is 0 Å². The van der Waals surface area contributed by atoms with Gasteiger partial charge in [-0.05, 0) is 85.5 Å². The number of nitrogens with zero attached hydrogens (tertiary/aromatic N) is 2. The smallest absolute Gasteiger partial charge is 0.125 e. The Morgan fingerprint density at radius 2 is 1.44 bits per heavy atom. The number of rotatable bonds is 4. The molecule has 0 spiro atoms. The Hall–Kier alpha value is -3.72. The number of aryl methyl sites for hydroxylation is 3. The molecule has 172 valence electrons. The summed E-state index contributed by atoms with van der Waals surface area (Å²) >= 11 is 0. The first-order chi connectivity index (χ1) is 16.4. The molecule has 3 nitrogen and oxygen atoms in total. The van der Waals surface area contributed by atoms with Crippen LogP contribution in [0.15, 0.2) is 78.9 Å². The van der Waals surface area contributed by atoms with E-state index in [1.807, 2.05) is 0 Å². The summed E-state index contributed by atoms with van der Waals surface area (Å²) in [5.74, 6) is 0.991. The van der Waals surface area contributed by atoms with Gasteiger partial charge in [-0.1, -0.05) is 42.0 Å². The van der Waals surface area contributed by atoms with Crippen molar-refractivity contribution in [1.82, 2.24) is 0 Å². The molecule has 1 heterocycles. The Labute approximate surface area is 203 Å². The van der Waals surface area contributed by atoms with E-state index in [-0.39, 0.29) is 5.92 Å². The fourth-order valence-corrected chi connectivity index (χ4v) is 5.54. The molecular weight excluding hydrogens is 416 g/mol. The van der Waals surface area contributed by atoms with E-state index in [4.69, 9.17) is 4.74 Å². The van der Waals surface area contributed by atoms with E-state index in [9.17, 15) is 0 Å². The fourth-order valence-electron chi connectivity index (χ4n) is 5.54. The topological polar surface area (TPSA) is 15.7 Å². The predicted molar refractivity (Wildman–Crippen MR) is 144 cm³/mol. The molecule has 0 fully saturated rings. The number of hydrogen-bond acceptors (Lipinski definition) is 3. The van der Waals surface area contributed by atoms with Crippen LogP contribution in [0, 0.1) is 20.8 Å². The molecule has 0 aromatic heterocycles. The van der Waals surface area contributed by atoms with E-state index < -0.39 is 0 Å². The summed E-state index contributed by atoms with van der Waals surface area (Å²) in [6, 6.07) is 28.5. The van der Waals surface area contributed by atoms with Crippen molar-refractivity contribution in [1.29, 1.82) is 0 Å². The summed E-state index contributed by atoms with van der Waals surface area (Å²) in [7, 11) is 5.98. The molecule has 5 rings (SSSR count). The fraction of sp³-hybridized carbons (Fsp3) is 0.226. The number of anilines is 4. The van der Waals surface area contributed by atoms with Crippen LogP contribution in [0.3, 0.4) is 0 Å². The molecule has 0 N–H and O–H groups in total. The van der Waals surface area contributed by atoms with Crippen LogP contribution in [0.2, 0.25) is 0 Å². The van der Waals surface area contributed by atoms with Gasteiger partial charge < -0.3 is 14.5 Å². The second-order valence-electron chi connectivity index (χ2n) is 9.45. The van der Waals surface area contributed by atoms with Crippen molar-refractivity contribution >= 4 is 22.7 Å². The van der Waals surface area contributed by atoms with Gasteiger partial charge in [0.25, 0.3) is 0 Å². The van der Waals surface area contributed by atoms with Gasteiger partial charge in [-0.25, -0.2) is 0 Å². The summed E-state index contributed by atoms with van der Waals surface area (Å²) in [4.78, 5) is 4.55. The highest BCUT2D eigenvalue weighted by Crippen LogP contribution is 2.55. The average molecular weight is 449 g/mol. The van der Waals surface area contributed by atoms with Crippen molar-refractivity contribution < 1.29 is 4.74 Å². The summed E-state index contributed by atoms with van der Waals surface area (Å²) in [5, 5.41) is 0. The zero-order valence-corrected chi connectivity index (χ0v) is 20.9. The van der Waals surface area contributed by atoms with Gasteiger partial charge in [0, 0.05) is 37.0 Å². The molecule has 1 aliphatic rings. The second kappa shape index (κ2) is 8.57. The molecule has 0 radical (unpaired) electrons. The van der Waals surface area contributed by atoms with Crippen molar-refractivity contribution in [2.24, 2.45) is 0 Å². The summed E-state index contributed by atoms with van der Waals surface area (Å²) in [6.07, 6.45) is 0. The van der Waals surface area contributed by atoms with Gasteiger partial charge >= 0.3 is 0 Å². The highest BCUT2D eigenvalue weighted by atomic mass is 16.5. The van der Waals surface area contributed by atoms with E-state index in [1.165, 1.54) is 50.4 Å². The molecule has 0 saturated heterocycles. The van der Waals surface area contributed by atoms with Crippen molar-refractivity contribution in [3.05, 3.63) is 112 Å². The quantitative estimate of drug-likeness (QED) is 0.281. The first-order valence-electron chi connectivity index (χ1n) is 11.8. The van der Waals surface area contributed by atoms with Crippen molar-refractivity contribution in [2.75, 3.05) is 31.0 Å². The maximum atomic E-state index is 6.01. The SMILES string of the molecule is COc1cccc2c1C(c1c(C)cc(C)cc1C)c1cc(N(C)C)ccc1N2c1ccccc1. The van der Waals surface area contributed by atoms with E-state index in [1.54, 1.807) is 7.11 Å². The monoisotopic (exact) mass is 448 g/mol. The Kier molecular flexibility index (Phi) is 5.57. The van der Waals surface area contributed by atoms with Crippen molar-refractivity contribution in [3.8, 4) is 5.75 Å². The molecule has 1 atom stereocenters. The third-order valence-electron chi connectivity index (χ3n) is 6.91. The first-order valence-corrected chi connectivity index (χ1v) is 11.8. The van der Waals surface area contributed by atoms with Crippen LogP contribution in [0.25, 0.3) is 0 Å². The van der Waals surface area contributed by atoms with Crippen molar-refractivity contribution in [2.45, 2.75) is 26.7 Å². The van der Waals surface area contributed by atoms with Crippen LogP contribution in [0.1, 0.15) is 39.3 Å². The third-order valence-corrected chi connectivity index (χ3v) is 6.91. The summed E-state index contributed by atoms with van der Waals surface area (Å²) in [5.41, 5.74) is 12.5. The van der Waals surface area contributed by atoms with Gasteiger partial charge in [0.15, 0.2) is 0 Å². The van der Waals surface area contributed by atoms with Gasteiger partial charge in [0.1, 0.15) is 5.75 Å². The van der Waals surface area contributed by atoms with Gasteiger partial charge in [-0.2, -0.15) is 0 Å². The van der Waals surface area contributed by atoms with Gasteiger partial charge in [0.05, 0.1) is 18.5 Å². The number of fused-ring (bicyclic) bond motifs is 2. The molecular formula is C31H32N2O. The molecule has 1 unspecified atom stereocenters. The van der Waals surface area contributed by atoms with Gasteiger partial charge in [0.2, 0.25) is 0 Å². The van der Waals surface area contributed by atoms with Crippen LogP contribution >= 0.6 is 0 Å². The minimum Gasteiger partial charge on any atom is -0.496 e. The van der Waals surface area contributed by atoms with E-state index in [0.717, 1.165) is 11.4 Å². The Bertz CT molecular complexity index is 1330. The number of hydrogen-bond donors (Lipinski definition) is 0. The molecule has 0 aliphatic carbocycles. The zero-order valence-electron chi connectivity index (χ0n) is 20.9. The molecule has 4 aromatic carbocycles. The largest absolute Gasteiger partial charge is 0.496 e. The Morgan fingerprint density at radius 3 is 2.09 bits per heavy atom. The molecule has 0 saturated carbocycles. The van der Waals surface area contributed by atoms with Crippen LogP contribution < -0.4 is 14.5 Å². The molecule has 34 heavy (non-hydrogen) atoms. The van der Waals surface area contributed by atoms with Crippen LogP contribution in [-0.4, -0.2) is 21.2 Å². The number of ether oxygens (including phenoxy) is 1. The highest BCUT2D eigenvalue weighted by Gasteiger charge is 2.36. The normalized spacial score (nSPS) is 14.4. The summed E-state index contributed by atoms with van der Waals surface area (Å²) < 4.78 is 6.01. The lowest BCUT2D eigenvalue weighted by Crippen LogP contribution is -2.24. The lowest BCUT2D eigenvalue weighted by Gasteiger charge is -2.40. The average Bonchev–Trinajstić information content (AvgIpc) is 2.82. The Morgan fingerprint density at radius 1 is 0.735 bits per heavy atom. The van der Waals surface area contributed by atoms with Crippen molar-refractivity contribution in [3.63, 3.8) is 0 Å². The van der Waals surface area contributed by atoms with Gasteiger partial charge in [-0.3, -0.25) is 0 Å². The molecule has 1 aliphatic heterocycles. The number of benzene rings is 4. The molecule has 0 amide bonds. The second-order valence-corrected chi connectivity index (χ2v) is 9.45. The minimum absolute atomic E-state index is 0.0709. The molecule has 4 aromatic rings. The zero-order chi connectivity index (χ0) is 24.0. The van der Waals surface area contributed by atoms with Crippen LogP contribution in [-0.2, 0) is 0 Å². The van der Waals surface area contributed by atoms with Crippen LogP contribution in [0.4, 0.5) is 22.7 Å². The predicted octanol–water partition coefficient (Wildman–Crippen LogP) is 7.65. The third kappa shape index (κ3) is 3.52. The maximum absolute atomic E-state index is 6.01. The Balaban J connectivity index is 1.90. The minimum atomic E-state index is 0.0709. The van der Waals surface area contributed by atoms with E-state index in [2.05, 4.69) is 124 Å². The molecule has 0 bridgehead atoms. The van der Waals surface area contributed by atoms with Crippen LogP contribution in [0.5, 0.6) is 5.75 Å². The number of methoxy groups -OCH3 is 1. The lowest BCUT2D eigenvalue weighted by molar-refractivity contribution is 0.409. The number of para-hydroxylation sites is 1. The molecule has 3 heteroatoms. The standard InChI is InChI=1S/C31H32N2O/c1-20-17-21(2)29(22(3)18-20)30-25-19-24(32(4)5)15-16-26(25)33(23-11-8-7-9-12-23)27-13-10-14-28(34-6)31(27)30/h7-19,30H,1-6H3. The summed E-state index contributed by atoms with van der Waals surface area (Å²) in [6.45, 7) is 6.65. The maximum Gasteiger partial charge on any atom is 0.125 e.